The molecule has 1 aliphatic heterocycles. The summed E-state index contributed by atoms with van der Waals surface area (Å²) < 4.78 is 5.98. The highest BCUT2D eigenvalue weighted by Gasteiger charge is 2.25. The summed E-state index contributed by atoms with van der Waals surface area (Å²) in [4.78, 5) is 31.5. The first kappa shape index (κ1) is 20.5. The van der Waals surface area contributed by atoms with Crippen molar-refractivity contribution in [2.75, 3.05) is 32.1 Å². The lowest BCUT2D eigenvalue weighted by molar-refractivity contribution is -0.117. The van der Waals surface area contributed by atoms with Gasteiger partial charge < -0.3 is 10.1 Å². The zero-order chi connectivity index (χ0) is 21.1. The number of nitrogens with zero attached hydrogens (tertiary/aromatic N) is 2. The monoisotopic (exact) mass is 423 g/mol. The van der Waals surface area contributed by atoms with E-state index in [1.165, 1.54) is 11.8 Å². The lowest BCUT2D eigenvalue weighted by Gasteiger charge is -2.31. The average Bonchev–Trinajstić information content (AvgIpc) is 3.19. The molecule has 0 saturated carbocycles. The van der Waals surface area contributed by atoms with Crippen molar-refractivity contribution in [3.63, 3.8) is 0 Å². The molecule has 1 atom stereocenters. The summed E-state index contributed by atoms with van der Waals surface area (Å²) in [6, 6.07) is 13.4. The maximum atomic E-state index is 12.7. The summed E-state index contributed by atoms with van der Waals surface area (Å²) >= 11 is 1.75. The Balaban J connectivity index is 1.40. The van der Waals surface area contributed by atoms with Crippen LogP contribution < -0.4 is 5.32 Å². The Bertz CT molecular complexity index is 1050. The van der Waals surface area contributed by atoms with E-state index in [2.05, 4.69) is 16.3 Å². The number of hydrogen-bond donors (Lipinski definition) is 1. The molecule has 4 rings (SSSR count). The van der Waals surface area contributed by atoms with Crippen LogP contribution in [-0.4, -0.2) is 48.5 Å². The number of benzene rings is 2. The minimum absolute atomic E-state index is 0.0786. The second-order valence-corrected chi connectivity index (χ2v) is 8.73. The standard InChI is InChI=1S/C23H25N3O3S/c1-15-9-10-16(23(28)29-2)12-19(15)24-21(27)14-26-11-5-6-17(13-26)22-25-18-7-3-4-8-20(18)30-22/h3-4,7-10,12,17H,5-6,11,13-14H2,1-2H3,(H,24,27)/t17-/m0/s1. The summed E-state index contributed by atoms with van der Waals surface area (Å²) in [6.07, 6.45) is 2.14. The van der Waals surface area contributed by atoms with Crippen LogP contribution in [0.2, 0.25) is 0 Å². The maximum Gasteiger partial charge on any atom is 0.337 e. The van der Waals surface area contributed by atoms with Gasteiger partial charge in [-0.1, -0.05) is 18.2 Å². The number of aryl methyl sites for hydroxylation is 1. The first-order valence-corrected chi connectivity index (χ1v) is 10.9. The molecule has 1 N–H and O–H groups in total. The van der Waals surface area contributed by atoms with E-state index in [1.807, 2.05) is 31.2 Å². The second kappa shape index (κ2) is 8.93. The molecule has 156 valence electrons. The van der Waals surface area contributed by atoms with Gasteiger partial charge in [-0.2, -0.15) is 0 Å². The van der Waals surface area contributed by atoms with Crippen molar-refractivity contribution in [3.8, 4) is 0 Å². The number of fused-ring (bicyclic) bond motifs is 1. The third-order valence-electron chi connectivity index (χ3n) is 5.47. The Hall–Kier alpha value is -2.77. The summed E-state index contributed by atoms with van der Waals surface area (Å²) in [5, 5.41) is 4.11. The second-order valence-electron chi connectivity index (χ2n) is 7.66. The lowest BCUT2D eigenvalue weighted by Crippen LogP contribution is -2.39. The van der Waals surface area contributed by atoms with Crippen molar-refractivity contribution in [2.24, 2.45) is 0 Å². The zero-order valence-corrected chi connectivity index (χ0v) is 18.0. The highest BCUT2D eigenvalue weighted by atomic mass is 32.1. The lowest BCUT2D eigenvalue weighted by atomic mass is 9.99. The van der Waals surface area contributed by atoms with Crippen LogP contribution in [0.15, 0.2) is 42.5 Å². The summed E-state index contributed by atoms with van der Waals surface area (Å²) in [6.45, 7) is 3.95. The van der Waals surface area contributed by atoms with E-state index < -0.39 is 5.97 Å². The fourth-order valence-corrected chi connectivity index (χ4v) is 4.95. The zero-order valence-electron chi connectivity index (χ0n) is 17.2. The van der Waals surface area contributed by atoms with Crippen molar-refractivity contribution >= 4 is 39.1 Å². The Morgan fingerprint density at radius 2 is 2.10 bits per heavy atom. The number of hydrogen-bond acceptors (Lipinski definition) is 6. The molecule has 6 nitrogen and oxygen atoms in total. The fraction of sp³-hybridized carbons (Fsp3) is 0.348. The molecule has 1 aliphatic rings. The normalized spacial score (nSPS) is 17.1. The average molecular weight is 424 g/mol. The van der Waals surface area contributed by atoms with Crippen LogP contribution in [0.1, 0.15) is 39.7 Å². The van der Waals surface area contributed by atoms with Gasteiger partial charge in [0.1, 0.15) is 0 Å². The molecular formula is C23H25N3O3S. The largest absolute Gasteiger partial charge is 0.465 e. The Labute approximate surface area is 179 Å². The van der Waals surface area contributed by atoms with E-state index in [0.717, 1.165) is 42.0 Å². The summed E-state index contributed by atoms with van der Waals surface area (Å²) in [5.41, 5.74) is 3.02. The molecule has 0 radical (unpaired) electrons. The number of rotatable bonds is 5. The number of nitrogens with one attached hydrogen (secondary N) is 1. The number of methoxy groups -OCH3 is 1. The Kier molecular flexibility index (Phi) is 6.11. The van der Waals surface area contributed by atoms with Gasteiger partial charge in [0, 0.05) is 18.2 Å². The number of amides is 1. The number of piperidine rings is 1. The minimum Gasteiger partial charge on any atom is -0.465 e. The number of aromatic nitrogens is 1. The number of anilines is 1. The molecular weight excluding hydrogens is 398 g/mol. The van der Waals surface area contributed by atoms with E-state index >= 15 is 0 Å². The highest BCUT2D eigenvalue weighted by molar-refractivity contribution is 7.18. The smallest absolute Gasteiger partial charge is 0.337 e. The van der Waals surface area contributed by atoms with Crippen molar-refractivity contribution in [2.45, 2.75) is 25.7 Å². The number of para-hydroxylation sites is 1. The number of carbonyl (C=O) groups excluding carboxylic acids is 2. The number of thiazole rings is 1. The molecule has 1 aromatic heterocycles. The summed E-state index contributed by atoms with van der Waals surface area (Å²) in [5.74, 6) is -0.140. The number of carbonyl (C=O) groups is 2. The predicted molar refractivity (Wildman–Crippen MR) is 119 cm³/mol. The Morgan fingerprint density at radius 3 is 2.90 bits per heavy atom. The van der Waals surface area contributed by atoms with Crippen LogP contribution in [0.3, 0.4) is 0 Å². The first-order valence-electron chi connectivity index (χ1n) is 10.1. The molecule has 3 aromatic rings. The third kappa shape index (κ3) is 4.52. The first-order chi connectivity index (χ1) is 14.5. The van der Waals surface area contributed by atoms with Crippen LogP contribution in [-0.2, 0) is 9.53 Å². The quantitative estimate of drug-likeness (QED) is 0.623. The van der Waals surface area contributed by atoms with Crippen LogP contribution in [0, 0.1) is 6.92 Å². The molecule has 0 unspecified atom stereocenters. The summed E-state index contributed by atoms with van der Waals surface area (Å²) in [7, 11) is 1.35. The molecule has 7 heteroatoms. The molecule has 1 amide bonds. The molecule has 30 heavy (non-hydrogen) atoms. The van der Waals surface area contributed by atoms with Gasteiger partial charge in [0.15, 0.2) is 0 Å². The Morgan fingerprint density at radius 1 is 1.27 bits per heavy atom. The van der Waals surface area contributed by atoms with Gasteiger partial charge >= 0.3 is 5.97 Å². The van der Waals surface area contributed by atoms with E-state index in [1.54, 1.807) is 23.5 Å². The SMILES string of the molecule is COC(=O)c1ccc(C)c(NC(=O)CN2CCC[C@H](c3nc4ccccc4s3)C2)c1. The molecule has 0 bridgehead atoms. The van der Waals surface area contributed by atoms with Gasteiger partial charge in [-0.05, 0) is 56.1 Å². The molecule has 1 fully saturated rings. The number of ether oxygens (including phenoxy) is 1. The van der Waals surface area contributed by atoms with Gasteiger partial charge in [0.05, 0.1) is 34.4 Å². The van der Waals surface area contributed by atoms with Gasteiger partial charge in [0.2, 0.25) is 5.91 Å². The highest BCUT2D eigenvalue weighted by Crippen LogP contribution is 2.32. The van der Waals surface area contributed by atoms with Crippen LogP contribution in [0.5, 0.6) is 0 Å². The van der Waals surface area contributed by atoms with Crippen molar-refractivity contribution in [1.82, 2.24) is 9.88 Å². The van der Waals surface area contributed by atoms with E-state index in [-0.39, 0.29) is 5.91 Å². The van der Waals surface area contributed by atoms with Gasteiger partial charge in [-0.15, -0.1) is 11.3 Å². The van der Waals surface area contributed by atoms with E-state index in [0.29, 0.717) is 23.7 Å². The molecule has 2 heterocycles. The van der Waals surface area contributed by atoms with Crippen molar-refractivity contribution in [1.29, 1.82) is 0 Å². The number of likely N-dealkylation sites (tertiary alicyclic amines) is 1. The van der Waals surface area contributed by atoms with Gasteiger partial charge in [-0.25, -0.2) is 9.78 Å². The van der Waals surface area contributed by atoms with Gasteiger partial charge in [0.25, 0.3) is 0 Å². The number of esters is 1. The topological polar surface area (TPSA) is 71.5 Å². The third-order valence-corrected chi connectivity index (χ3v) is 6.66. The molecule has 2 aromatic carbocycles. The molecule has 1 saturated heterocycles. The van der Waals surface area contributed by atoms with E-state index in [9.17, 15) is 9.59 Å². The maximum absolute atomic E-state index is 12.7. The van der Waals surface area contributed by atoms with Crippen LogP contribution >= 0.6 is 11.3 Å². The predicted octanol–water partition coefficient (Wildman–Crippen LogP) is 4.21. The van der Waals surface area contributed by atoms with Crippen molar-refractivity contribution in [3.05, 3.63) is 58.6 Å². The molecule has 0 spiro atoms. The van der Waals surface area contributed by atoms with Crippen LogP contribution in [0.4, 0.5) is 5.69 Å². The van der Waals surface area contributed by atoms with E-state index in [4.69, 9.17) is 9.72 Å². The van der Waals surface area contributed by atoms with Crippen molar-refractivity contribution < 1.29 is 14.3 Å². The van der Waals surface area contributed by atoms with Gasteiger partial charge in [-0.3, -0.25) is 9.69 Å². The fourth-order valence-electron chi connectivity index (χ4n) is 3.86. The van der Waals surface area contributed by atoms with Crippen LogP contribution in [0.25, 0.3) is 10.2 Å². The minimum atomic E-state index is -0.416. The molecule has 0 aliphatic carbocycles.